The molecule has 1 aromatic rings. The fourth-order valence-electron chi connectivity index (χ4n) is 4.23. The highest BCUT2D eigenvalue weighted by atomic mass is 32.1. The summed E-state index contributed by atoms with van der Waals surface area (Å²) in [5.74, 6) is 0.622. The number of methoxy groups -OCH3 is 1. The highest BCUT2D eigenvalue weighted by Crippen LogP contribution is 2.30. The van der Waals surface area contributed by atoms with Crippen LogP contribution in [-0.2, 0) is 17.6 Å². The molecule has 2 N–H and O–H groups in total. The molecule has 1 amide bonds. The molecular formula is C18H30N4O2S. The third kappa shape index (κ3) is 4.44. The van der Waals surface area contributed by atoms with Crippen molar-refractivity contribution in [2.24, 2.45) is 5.92 Å². The van der Waals surface area contributed by atoms with Gasteiger partial charge in [-0.25, -0.2) is 9.78 Å². The summed E-state index contributed by atoms with van der Waals surface area (Å²) in [7, 11) is 1.46. The van der Waals surface area contributed by atoms with Gasteiger partial charge in [-0.3, -0.25) is 0 Å². The Bertz CT molecular complexity index is 592. The number of rotatable bonds is 6. The van der Waals surface area contributed by atoms with Gasteiger partial charge in [0, 0.05) is 24.0 Å². The van der Waals surface area contributed by atoms with Gasteiger partial charge in [0.05, 0.1) is 12.8 Å². The minimum absolute atomic E-state index is 0.181. The Balaban J connectivity index is 1.43. The topological polar surface area (TPSA) is 71.7 Å². The molecule has 1 aromatic heterocycles. The first kappa shape index (κ1) is 18.5. The Hall–Kier alpha value is -1.34. The molecule has 1 fully saturated rings. The van der Waals surface area contributed by atoms with E-state index in [9.17, 15) is 4.79 Å². The molecule has 25 heavy (non-hydrogen) atoms. The Labute approximate surface area is 154 Å². The maximum atomic E-state index is 11.6. The molecule has 0 saturated carbocycles. The quantitative estimate of drug-likeness (QED) is 0.838. The summed E-state index contributed by atoms with van der Waals surface area (Å²) in [6.45, 7) is 6.18. The summed E-state index contributed by atoms with van der Waals surface area (Å²) in [6, 6.07) is 0.618. The minimum atomic E-state index is -0.181. The average Bonchev–Trinajstić information content (AvgIpc) is 3.23. The summed E-state index contributed by atoms with van der Waals surface area (Å²) in [4.78, 5) is 21.9. The summed E-state index contributed by atoms with van der Waals surface area (Å²) >= 11 is 1.66. The molecular weight excluding hydrogens is 336 g/mol. The Morgan fingerprint density at radius 1 is 1.48 bits per heavy atom. The normalized spacial score (nSPS) is 23.1. The maximum absolute atomic E-state index is 11.6. The monoisotopic (exact) mass is 366 g/mol. The number of thiazole rings is 1. The van der Waals surface area contributed by atoms with Crippen molar-refractivity contribution in [2.75, 3.05) is 39.0 Å². The van der Waals surface area contributed by atoms with E-state index in [1.165, 1.54) is 36.9 Å². The van der Waals surface area contributed by atoms with E-state index in [0.717, 1.165) is 45.4 Å². The zero-order valence-corrected chi connectivity index (χ0v) is 16.2. The first-order valence-corrected chi connectivity index (χ1v) is 10.2. The molecule has 2 atom stereocenters. The number of aryl methyl sites for hydroxylation is 1. The van der Waals surface area contributed by atoms with Crippen molar-refractivity contribution in [3.8, 4) is 0 Å². The SMILES string of the molecule is CCN(CCCC1CCN(C(=O)OC)C1)C1CCc2nc(N)sc2C1. The van der Waals surface area contributed by atoms with Crippen LogP contribution in [0.15, 0.2) is 0 Å². The van der Waals surface area contributed by atoms with Crippen LogP contribution in [0.2, 0.25) is 0 Å². The number of hydrogen-bond donors (Lipinski definition) is 1. The summed E-state index contributed by atoms with van der Waals surface area (Å²) in [5.41, 5.74) is 7.09. The second-order valence-electron chi connectivity index (χ2n) is 7.16. The van der Waals surface area contributed by atoms with Gasteiger partial charge in [-0.15, -0.1) is 11.3 Å². The van der Waals surface area contributed by atoms with Crippen LogP contribution < -0.4 is 5.73 Å². The number of nitrogens with zero attached hydrogens (tertiary/aromatic N) is 3. The molecule has 3 rings (SSSR count). The lowest BCUT2D eigenvalue weighted by Gasteiger charge is -2.33. The Morgan fingerprint density at radius 3 is 3.08 bits per heavy atom. The Kier molecular flexibility index (Phi) is 6.17. The van der Waals surface area contributed by atoms with E-state index in [2.05, 4.69) is 16.8 Å². The van der Waals surface area contributed by atoms with Gasteiger partial charge < -0.3 is 20.3 Å². The zero-order valence-electron chi connectivity index (χ0n) is 15.4. The van der Waals surface area contributed by atoms with Gasteiger partial charge in [0.1, 0.15) is 0 Å². The van der Waals surface area contributed by atoms with Crippen LogP contribution in [0, 0.1) is 5.92 Å². The van der Waals surface area contributed by atoms with Crippen LogP contribution in [0.1, 0.15) is 43.2 Å². The van der Waals surface area contributed by atoms with Crippen molar-refractivity contribution >= 4 is 22.6 Å². The van der Waals surface area contributed by atoms with Gasteiger partial charge in [-0.2, -0.15) is 0 Å². The second kappa shape index (κ2) is 8.36. The molecule has 0 radical (unpaired) electrons. The standard InChI is InChI=1S/C18H30N4O2S/c1-3-21(14-6-7-15-16(11-14)25-17(19)20-15)9-4-5-13-8-10-22(12-13)18(23)24-2/h13-14H,3-12H2,1-2H3,(H2,19,20). The average molecular weight is 367 g/mol. The summed E-state index contributed by atoms with van der Waals surface area (Å²) in [6.07, 6.45) is 6.65. The second-order valence-corrected chi connectivity index (χ2v) is 8.28. The molecule has 1 saturated heterocycles. The molecule has 0 spiro atoms. The number of carbonyl (C=O) groups excluding carboxylic acids is 1. The van der Waals surface area contributed by atoms with Gasteiger partial charge in [0.2, 0.25) is 0 Å². The van der Waals surface area contributed by atoms with E-state index >= 15 is 0 Å². The van der Waals surface area contributed by atoms with Crippen molar-refractivity contribution in [3.05, 3.63) is 10.6 Å². The van der Waals surface area contributed by atoms with Crippen molar-refractivity contribution in [3.63, 3.8) is 0 Å². The van der Waals surface area contributed by atoms with Crippen LogP contribution in [-0.4, -0.2) is 60.2 Å². The zero-order chi connectivity index (χ0) is 17.8. The first-order chi connectivity index (χ1) is 12.1. The maximum Gasteiger partial charge on any atom is 0.409 e. The van der Waals surface area contributed by atoms with Crippen molar-refractivity contribution in [2.45, 2.75) is 51.5 Å². The molecule has 1 aliphatic carbocycles. The van der Waals surface area contributed by atoms with E-state index in [-0.39, 0.29) is 6.09 Å². The largest absolute Gasteiger partial charge is 0.453 e. The molecule has 0 aromatic carbocycles. The number of likely N-dealkylation sites (N-methyl/N-ethyl adjacent to an activating group) is 1. The number of nitrogens with two attached hydrogens (primary N) is 1. The molecule has 2 heterocycles. The van der Waals surface area contributed by atoms with Gasteiger partial charge >= 0.3 is 6.09 Å². The smallest absolute Gasteiger partial charge is 0.409 e. The summed E-state index contributed by atoms with van der Waals surface area (Å²) < 4.78 is 4.82. The van der Waals surface area contributed by atoms with Gasteiger partial charge in [-0.1, -0.05) is 6.92 Å². The third-order valence-corrected chi connectivity index (χ3v) is 6.58. The van der Waals surface area contributed by atoms with E-state index in [1.54, 1.807) is 11.3 Å². The van der Waals surface area contributed by atoms with Crippen LogP contribution in [0.4, 0.5) is 9.93 Å². The number of likely N-dealkylation sites (tertiary alicyclic amines) is 1. The number of hydrogen-bond acceptors (Lipinski definition) is 6. The van der Waals surface area contributed by atoms with Crippen molar-refractivity contribution in [1.82, 2.24) is 14.8 Å². The van der Waals surface area contributed by atoms with Crippen LogP contribution in [0.25, 0.3) is 0 Å². The number of fused-ring (bicyclic) bond motifs is 1. The number of ether oxygens (including phenoxy) is 1. The number of aromatic nitrogens is 1. The molecule has 7 heteroatoms. The third-order valence-electron chi connectivity index (χ3n) is 5.63. The highest BCUT2D eigenvalue weighted by molar-refractivity contribution is 7.15. The number of carbonyl (C=O) groups is 1. The van der Waals surface area contributed by atoms with Gasteiger partial charge in [-0.05, 0) is 57.5 Å². The van der Waals surface area contributed by atoms with Crippen molar-refractivity contribution < 1.29 is 9.53 Å². The molecule has 0 bridgehead atoms. The molecule has 140 valence electrons. The molecule has 1 aliphatic heterocycles. The lowest BCUT2D eigenvalue weighted by atomic mass is 9.95. The van der Waals surface area contributed by atoms with E-state index in [4.69, 9.17) is 10.5 Å². The van der Waals surface area contributed by atoms with E-state index in [0.29, 0.717) is 17.1 Å². The lowest BCUT2D eigenvalue weighted by molar-refractivity contribution is 0.131. The fourth-order valence-corrected chi connectivity index (χ4v) is 5.18. The highest BCUT2D eigenvalue weighted by Gasteiger charge is 2.28. The Morgan fingerprint density at radius 2 is 2.32 bits per heavy atom. The minimum Gasteiger partial charge on any atom is -0.453 e. The number of anilines is 1. The molecule has 2 aliphatic rings. The number of amides is 1. The first-order valence-electron chi connectivity index (χ1n) is 9.41. The van der Waals surface area contributed by atoms with E-state index < -0.39 is 0 Å². The van der Waals surface area contributed by atoms with Crippen molar-refractivity contribution in [1.29, 1.82) is 0 Å². The fraction of sp³-hybridized carbons (Fsp3) is 0.778. The van der Waals surface area contributed by atoms with Crippen LogP contribution in [0.5, 0.6) is 0 Å². The van der Waals surface area contributed by atoms with Gasteiger partial charge in [0.15, 0.2) is 5.13 Å². The van der Waals surface area contributed by atoms with E-state index in [1.807, 2.05) is 4.90 Å². The molecule has 2 unspecified atom stereocenters. The lowest BCUT2D eigenvalue weighted by Crippen LogP contribution is -2.39. The van der Waals surface area contributed by atoms with Crippen LogP contribution in [0.3, 0.4) is 0 Å². The predicted octanol–water partition coefficient (Wildman–Crippen LogP) is 2.77. The van der Waals surface area contributed by atoms with Crippen LogP contribution >= 0.6 is 11.3 Å². The number of nitrogen functional groups attached to an aromatic ring is 1. The predicted molar refractivity (Wildman–Crippen MR) is 101 cm³/mol. The molecule has 6 nitrogen and oxygen atoms in total. The van der Waals surface area contributed by atoms with Gasteiger partial charge in [0.25, 0.3) is 0 Å². The summed E-state index contributed by atoms with van der Waals surface area (Å²) in [5, 5.41) is 0.713.